The highest BCUT2D eigenvalue weighted by Gasteiger charge is 2.31. The molecule has 1 aromatic rings. The minimum Gasteiger partial charge on any atom is -0.264 e. The third-order valence-corrected chi connectivity index (χ3v) is 3.23. The molecule has 0 aromatic heterocycles. The lowest BCUT2D eigenvalue weighted by Gasteiger charge is -2.23. The summed E-state index contributed by atoms with van der Waals surface area (Å²) >= 11 is 0. The van der Waals surface area contributed by atoms with E-state index >= 15 is 0 Å². The topological polar surface area (TPSA) is 43.1 Å². The molecule has 0 spiro atoms. The number of benzene rings is 1. The molecule has 0 bridgehead atoms. The highest BCUT2D eigenvalue weighted by Crippen LogP contribution is 2.39. The molecule has 93 valence electrons. The fraction of sp³-hybridized carbons (Fsp3) is 0.267. The van der Waals surface area contributed by atoms with Gasteiger partial charge in [0, 0.05) is 18.3 Å². The zero-order chi connectivity index (χ0) is 13.0. The maximum atomic E-state index is 10.8. The van der Waals surface area contributed by atoms with Crippen molar-refractivity contribution in [3.8, 4) is 0 Å². The van der Waals surface area contributed by atoms with Crippen molar-refractivity contribution in [3.05, 3.63) is 77.6 Å². The molecule has 0 N–H and O–H groups in total. The fourth-order valence-corrected chi connectivity index (χ4v) is 2.20. The average Bonchev–Trinajstić information content (AvgIpc) is 2.90. The minimum atomic E-state index is -0.537. The van der Waals surface area contributed by atoms with E-state index in [0.717, 1.165) is 11.5 Å². The first kappa shape index (κ1) is 13.1. The summed E-state index contributed by atoms with van der Waals surface area (Å²) in [5.74, 6) is 1.25. The van der Waals surface area contributed by atoms with Crippen LogP contribution in [0, 0.1) is 41.7 Å². The van der Waals surface area contributed by atoms with Gasteiger partial charge in [0.25, 0.3) is 0 Å². The number of nitro groups is 1. The molecule has 0 aliphatic heterocycles. The summed E-state index contributed by atoms with van der Waals surface area (Å²) in [4.78, 5) is 10.6. The predicted octanol–water partition coefficient (Wildman–Crippen LogP) is 3.23. The highest BCUT2D eigenvalue weighted by molar-refractivity contribution is 5.43. The van der Waals surface area contributed by atoms with Gasteiger partial charge in [0.2, 0.25) is 6.04 Å². The highest BCUT2D eigenvalue weighted by atomic mass is 16.6. The Morgan fingerprint density at radius 1 is 1.17 bits per heavy atom. The molecule has 0 saturated heterocycles. The van der Waals surface area contributed by atoms with Crippen LogP contribution < -0.4 is 0 Å². The van der Waals surface area contributed by atoms with Gasteiger partial charge in [0.05, 0.1) is 0 Å². The molecule has 18 heavy (non-hydrogen) atoms. The zero-order valence-corrected chi connectivity index (χ0v) is 10.3. The Kier molecular flexibility index (Phi) is 4.34. The van der Waals surface area contributed by atoms with Crippen molar-refractivity contribution in [1.82, 2.24) is 0 Å². The van der Waals surface area contributed by atoms with Crippen LogP contribution in [0.5, 0.6) is 0 Å². The summed E-state index contributed by atoms with van der Waals surface area (Å²) in [7, 11) is 0. The molecule has 5 radical (unpaired) electrons. The molecule has 1 aliphatic rings. The van der Waals surface area contributed by atoms with Crippen LogP contribution >= 0.6 is 0 Å². The van der Waals surface area contributed by atoms with E-state index in [9.17, 15) is 10.1 Å². The summed E-state index contributed by atoms with van der Waals surface area (Å²) in [6.07, 6.45) is 8.54. The van der Waals surface area contributed by atoms with E-state index in [2.05, 4.69) is 0 Å². The molecule has 2 rings (SSSR count). The Labute approximate surface area is 108 Å². The van der Waals surface area contributed by atoms with Crippen molar-refractivity contribution >= 4 is 0 Å². The van der Waals surface area contributed by atoms with Gasteiger partial charge in [-0.15, -0.1) is 0 Å². The Morgan fingerprint density at radius 2 is 1.78 bits per heavy atom. The van der Waals surface area contributed by atoms with Crippen LogP contribution in [0.2, 0.25) is 0 Å². The van der Waals surface area contributed by atoms with Crippen molar-refractivity contribution in [2.75, 3.05) is 0 Å². The number of rotatable bonds is 5. The fourth-order valence-electron chi connectivity index (χ4n) is 2.20. The maximum absolute atomic E-state index is 10.8. The van der Waals surface area contributed by atoms with E-state index in [1.807, 2.05) is 56.0 Å². The monoisotopic (exact) mass is 242 g/mol. The second-order valence-electron chi connectivity index (χ2n) is 4.55. The van der Waals surface area contributed by atoms with Crippen molar-refractivity contribution in [3.63, 3.8) is 0 Å². The lowest BCUT2D eigenvalue weighted by molar-refractivity contribution is -0.519. The van der Waals surface area contributed by atoms with Crippen molar-refractivity contribution in [2.45, 2.75) is 25.3 Å². The van der Waals surface area contributed by atoms with Gasteiger partial charge in [-0.1, -0.05) is 30.3 Å². The molecule has 1 saturated carbocycles. The van der Waals surface area contributed by atoms with Crippen molar-refractivity contribution in [2.24, 2.45) is 0 Å². The van der Waals surface area contributed by atoms with Crippen LogP contribution in [0.4, 0.5) is 0 Å². The normalized spacial score (nSPS) is 19.6. The molecule has 0 heterocycles. The molecule has 3 heteroatoms. The maximum Gasteiger partial charge on any atom is 0.211 e. The van der Waals surface area contributed by atoms with Crippen LogP contribution in [-0.2, 0) is 0 Å². The first-order valence-electron chi connectivity index (χ1n) is 6.08. The Balaban J connectivity index is 2.15. The quantitative estimate of drug-likeness (QED) is 0.587. The molecule has 3 nitrogen and oxygen atoms in total. The van der Waals surface area contributed by atoms with E-state index < -0.39 is 6.04 Å². The standard InChI is InChI=1S/C15H16NO2/c1-12(16(17)18)11-15(14-9-5-6-10-14)13-7-3-2-4-8-13/h2-10,12,15H,11H2,1H3. The predicted molar refractivity (Wildman–Crippen MR) is 70.7 cm³/mol. The molecule has 2 atom stereocenters. The van der Waals surface area contributed by atoms with E-state index in [-0.39, 0.29) is 10.8 Å². The summed E-state index contributed by atoms with van der Waals surface area (Å²) in [6, 6.07) is 9.44. The molecular formula is C15H16NO2. The van der Waals surface area contributed by atoms with E-state index in [4.69, 9.17) is 0 Å². The first-order valence-corrected chi connectivity index (χ1v) is 6.08. The molecule has 0 amide bonds. The van der Waals surface area contributed by atoms with Gasteiger partial charge in [-0.05, 0) is 43.1 Å². The van der Waals surface area contributed by atoms with Gasteiger partial charge in [-0.25, -0.2) is 0 Å². The molecule has 1 aliphatic carbocycles. The third-order valence-electron chi connectivity index (χ3n) is 3.23. The number of hydrogen-bond donors (Lipinski definition) is 0. The van der Waals surface area contributed by atoms with Crippen LogP contribution in [0.25, 0.3) is 0 Å². The SMILES string of the molecule is CC(CC([C]1[CH][CH][CH][CH]1)c1ccccc1)[N+](=O)[O-]. The lowest BCUT2D eigenvalue weighted by Crippen LogP contribution is -2.21. The van der Waals surface area contributed by atoms with Crippen LogP contribution in [0.1, 0.15) is 24.8 Å². The summed E-state index contributed by atoms with van der Waals surface area (Å²) in [5.41, 5.74) is 1.14. The van der Waals surface area contributed by atoms with Gasteiger partial charge in [0.1, 0.15) is 0 Å². The Morgan fingerprint density at radius 3 is 2.33 bits per heavy atom. The van der Waals surface area contributed by atoms with Crippen molar-refractivity contribution < 1.29 is 4.92 Å². The molecule has 2 unspecified atom stereocenters. The zero-order valence-electron chi connectivity index (χ0n) is 10.3. The van der Waals surface area contributed by atoms with E-state index in [0.29, 0.717) is 6.42 Å². The summed E-state index contributed by atoms with van der Waals surface area (Å²) < 4.78 is 0. The number of hydrogen-bond acceptors (Lipinski definition) is 2. The van der Waals surface area contributed by atoms with Gasteiger partial charge in [0.15, 0.2) is 0 Å². The molecular weight excluding hydrogens is 226 g/mol. The largest absolute Gasteiger partial charge is 0.264 e. The van der Waals surface area contributed by atoms with Crippen LogP contribution in [0.15, 0.2) is 30.3 Å². The second-order valence-corrected chi connectivity index (χ2v) is 4.55. The summed E-state index contributed by atoms with van der Waals surface area (Å²) in [6.45, 7) is 1.67. The summed E-state index contributed by atoms with van der Waals surface area (Å²) in [5, 5.41) is 10.8. The lowest BCUT2D eigenvalue weighted by atomic mass is 9.81. The van der Waals surface area contributed by atoms with Gasteiger partial charge < -0.3 is 0 Å². The second kappa shape index (κ2) is 5.98. The van der Waals surface area contributed by atoms with Gasteiger partial charge >= 0.3 is 0 Å². The van der Waals surface area contributed by atoms with Crippen molar-refractivity contribution in [1.29, 1.82) is 0 Å². The van der Waals surface area contributed by atoms with Gasteiger partial charge in [-0.3, -0.25) is 10.1 Å². The van der Waals surface area contributed by atoms with E-state index in [1.165, 1.54) is 0 Å². The van der Waals surface area contributed by atoms with Gasteiger partial charge in [-0.2, -0.15) is 0 Å². The Hall–Kier alpha value is -1.38. The minimum absolute atomic E-state index is 0.0987. The Bertz CT molecular complexity index is 385. The molecule has 1 fully saturated rings. The smallest absolute Gasteiger partial charge is 0.211 e. The third kappa shape index (κ3) is 3.09. The average molecular weight is 242 g/mol. The van der Waals surface area contributed by atoms with Crippen LogP contribution in [-0.4, -0.2) is 11.0 Å². The first-order chi connectivity index (χ1) is 8.68. The number of nitrogens with zero attached hydrogens (tertiary/aromatic N) is 1. The van der Waals surface area contributed by atoms with E-state index in [1.54, 1.807) is 6.92 Å². The molecule has 1 aromatic carbocycles. The van der Waals surface area contributed by atoms with Crippen LogP contribution in [0.3, 0.4) is 0 Å².